The molecule has 0 aliphatic carbocycles. The summed E-state index contributed by atoms with van der Waals surface area (Å²) in [6.45, 7) is 6.15. The topological polar surface area (TPSA) is 50.4 Å². The van der Waals surface area contributed by atoms with E-state index in [4.69, 9.17) is 16.3 Å². The molecule has 0 aliphatic rings. The van der Waals surface area contributed by atoms with Crippen LogP contribution in [0.5, 0.6) is 5.75 Å². The van der Waals surface area contributed by atoms with E-state index in [1.165, 1.54) is 0 Å². The molecule has 0 bridgehead atoms. The van der Waals surface area contributed by atoms with Crippen LogP contribution in [0.3, 0.4) is 0 Å². The van der Waals surface area contributed by atoms with Crippen LogP contribution in [-0.2, 0) is 4.79 Å². The average Bonchev–Trinajstić information content (AvgIpc) is 2.36. The van der Waals surface area contributed by atoms with E-state index in [9.17, 15) is 4.79 Å². The third-order valence-corrected chi connectivity index (χ3v) is 2.86. The molecule has 0 radical (unpaired) electrons. The maximum Gasteiger partial charge on any atom is 0.257 e. The van der Waals surface area contributed by atoms with Crippen LogP contribution in [-0.4, -0.2) is 32.1 Å². The molecule has 0 atom stereocenters. The van der Waals surface area contributed by atoms with Crippen LogP contribution < -0.4 is 15.4 Å². The van der Waals surface area contributed by atoms with Gasteiger partial charge in [0.1, 0.15) is 5.75 Å². The number of hydrogen-bond acceptors (Lipinski definition) is 3. The highest BCUT2D eigenvalue weighted by Crippen LogP contribution is 2.24. The van der Waals surface area contributed by atoms with Crippen LogP contribution >= 0.6 is 11.6 Å². The number of benzene rings is 1. The van der Waals surface area contributed by atoms with Crippen molar-refractivity contribution in [2.45, 2.75) is 13.8 Å². The largest absolute Gasteiger partial charge is 0.483 e. The molecule has 18 heavy (non-hydrogen) atoms. The summed E-state index contributed by atoms with van der Waals surface area (Å²) in [6, 6.07) is 5.39. The van der Waals surface area contributed by atoms with Gasteiger partial charge in [-0.3, -0.25) is 4.79 Å². The van der Waals surface area contributed by atoms with Crippen molar-refractivity contribution >= 4 is 17.5 Å². The molecular weight excluding hydrogens is 252 g/mol. The van der Waals surface area contributed by atoms with Crippen LogP contribution in [0.25, 0.3) is 0 Å². The number of nitrogens with one attached hydrogen (secondary N) is 2. The normalized spacial score (nSPS) is 10.2. The highest BCUT2D eigenvalue weighted by atomic mass is 35.5. The molecule has 0 heterocycles. The highest BCUT2D eigenvalue weighted by Gasteiger charge is 2.06. The Morgan fingerprint density at radius 3 is 2.89 bits per heavy atom. The Bertz CT molecular complexity index is 397. The maximum atomic E-state index is 11.5. The number of carbonyl (C=O) groups is 1. The molecule has 0 fully saturated rings. The van der Waals surface area contributed by atoms with Crippen molar-refractivity contribution < 1.29 is 9.53 Å². The van der Waals surface area contributed by atoms with Gasteiger partial charge in [0, 0.05) is 23.7 Å². The summed E-state index contributed by atoms with van der Waals surface area (Å²) in [6.07, 6.45) is 0. The lowest BCUT2D eigenvalue weighted by Gasteiger charge is -2.10. The van der Waals surface area contributed by atoms with Crippen LogP contribution in [0.1, 0.15) is 12.5 Å². The van der Waals surface area contributed by atoms with E-state index >= 15 is 0 Å². The second kappa shape index (κ2) is 7.95. The molecule has 1 aromatic rings. The molecule has 0 aromatic heterocycles. The van der Waals surface area contributed by atoms with Crippen LogP contribution in [0.2, 0.25) is 5.02 Å². The maximum absolute atomic E-state index is 11.5. The molecule has 0 saturated heterocycles. The van der Waals surface area contributed by atoms with Gasteiger partial charge in [0.2, 0.25) is 0 Å². The minimum Gasteiger partial charge on any atom is -0.483 e. The Labute approximate surface area is 113 Å². The lowest BCUT2D eigenvalue weighted by atomic mass is 10.2. The summed E-state index contributed by atoms with van der Waals surface area (Å²) in [5.74, 6) is 0.511. The zero-order chi connectivity index (χ0) is 13.4. The second-order valence-corrected chi connectivity index (χ2v) is 4.26. The second-order valence-electron chi connectivity index (χ2n) is 3.86. The van der Waals surface area contributed by atoms with Gasteiger partial charge in [-0.1, -0.05) is 24.6 Å². The summed E-state index contributed by atoms with van der Waals surface area (Å²) in [5.41, 5.74) is 0.847. The summed E-state index contributed by atoms with van der Waals surface area (Å²) in [7, 11) is 0. The van der Waals surface area contributed by atoms with Crippen molar-refractivity contribution in [2.75, 3.05) is 26.2 Å². The number of halogens is 1. The van der Waals surface area contributed by atoms with Gasteiger partial charge < -0.3 is 15.4 Å². The van der Waals surface area contributed by atoms with Crippen molar-refractivity contribution in [3.63, 3.8) is 0 Å². The molecule has 2 N–H and O–H groups in total. The van der Waals surface area contributed by atoms with Gasteiger partial charge in [-0.15, -0.1) is 0 Å². The molecule has 0 aliphatic heterocycles. The number of likely N-dealkylation sites (N-methyl/N-ethyl adjacent to an activating group) is 1. The molecule has 1 amide bonds. The predicted octanol–water partition coefficient (Wildman–Crippen LogP) is 1.75. The third-order valence-electron chi connectivity index (χ3n) is 2.45. The number of amides is 1. The van der Waals surface area contributed by atoms with Gasteiger partial charge >= 0.3 is 0 Å². The van der Waals surface area contributed by atoms with Gasteiger partial charge in [0.05, 0.1) is 0 Å². The van der Waals surface area contributed by atoms with Crippen molar-refractivity contribution in [3.8, 4) is 5.75 Å². The quantitative estimate of drug-likeness (QED) is 0.743. The van der Waals surface area contributed by atoms with Crippen LogP contribution in [0.4, 0.5) is 0 Å². The molecule has 1 rings (SSSR count). The first-order valence-electron chi connectivity index (χ1n) is 6.00. The molecule has 4 nitrogen and oxygen atoms in total. The fourth-order valence-corrected chi connectivity index (χ4v) is 1.57. The third kappa shape index (κ3) is 4.94. The number of carbonyl (C=O) groups excluding carboxylic acids is 1. The molecule has 0 unspecified atom stereocenters. The van der Waals surface area contributed by atoms with Crippen molar-refractivity contribution in [1.82, 2.24) is 10.6 Å². The Morgan fingerprint density at radius 1 is 1.39 bits per heavy atom. The van der Waals surface area contributed by atoms with Crippen molar-refractivity contribution in [2.24, 2.45) is 0 Å². The van der Waals surface area contributed by atoms with Gasteiger partial charge in [-0.2, -0.15) is 0 Å². The zero-order valence-corrected chi connectivity index (χ0v) is 11.5. The fourth-order valence-electron chi connectivity index (χ4n) is 1.41. The first-order valence-corrected chi connectivity index (χ1v) is 6.38. The van der Waals surface area contributed by atoms with E-state index in [-0.39, 0.29) is 12.5 Å². The van der Waals surface area contributed by atoms with E-state index in [2.05, 4.69) is 10.6 Å². The lowest BCUT2D eigenvalue weighted by Crippen LogP contribution is -2.34. The minimum absolute atomic E-state index is 0.00725. The number of rotatable bonds is 7. The standard InChI is InChI=1S/C13H19ClN2O2/c1-3-15-7-8-16-13(17)9-18-12-6-4-5-11(14)10(12)2/h4-6,15H,3,7-9H2,1-2H3,(H,16,17). The number of hydrogen-bond donors (Lipinski definition) is 2. The predicted molar refractivity (Wildman–Crippen MR) is 73.2 cm³/mol. The monoisotopic (exact) mass is 270 g/mol. The first-order chi connectivity index (χ1) is 8.65. The van der Waals surface area contributed by atoms with E-state index in [0.29, 0.717) is 17.3 Å². The first kappa shape index (κ1) is 14.8. The molecule has 100 valence electrons. The van der Waals surface area contributed by atoms with E-state index < -0.39 is 0 Å². The lowest BCUT2D eigenvalue weighted by molar-refractivity contribution is -0.123. The van der Waals surface area contributed by atoms with Gasteiger partial charge in [0.25, 0.3) is 5.91 Å². The molecule has 5 heteroatoms. The average molecular weight is 271 g/mol. The van der Waals surface area contributed by atoms with Gasteiger partial charge in [-0.25, -0.2) is 0 Å². The molecule has 1 aromatic carbocycles. The van der Waals surface area contributed by atoms with E-state index in [1.807, 2.05) is 13.8 Å². The van der Waals surface area contributed by atoms with Gasteiger partial charge in [-0.05, 0) is 25.6 Å². The summed E-state index contributed by atoms with van der Waals surface area (Å²) < 4.78 is 5.42. The van der Waals surface area contributed by atoms with Crippen LogP contribution in [0, 0.1) is 6.92 Å². The Hall–Kier alpha value is -1.26. The summed E-state index contributed by atoms with van der Waals surface area (Å²) in [4.78, 5) is 11.5. The molecular formula is C13H19ClN2O2. The fraction of sp³-hybridized carbons (Fsp3) is 0.462. The minimum atomic E-state index is -0.132. The number of ether oxygens (including phenoxy) is 1. The van der Waals surface area contributed by atoms with Gasteiger partial charge in [0.15, 0.2) is 6.61 Å². The van der Waals surface area contributed by atoms with E-state index in [1.54, 1.807) is 18.2 Å². The van der Waals surface area contributed by atoms with Crippen LogP contribution in [0.15, 0.2) is 18.2 Å². The SMILES string of the molecule is CCNCCNC(=O)COc1cccc(Cl)c1C. The zero-order valence-electron chi connectivity index (χ0n) is 10.8. The molecule has 0 spiro atoms. The Kier molecular flexibility index (Phi) is 6.54. The van der Waals surface area contributed by atoms with Crippen molar-refractivity contribution in [1.29, 1.82) is 0 Å². The summed E-state index contributed by atoms with van der Waals surface area (Å²) >= 11 is 5.96. The van der Waals surface area contributed by atoms with Crippen molar-refractivity contribution in [3.05, 3.63) is 28.8 Å². The summed E-state index contributed by atoms with van der Waals surface area (Å²) in [5, 5.41) is 6.52. The highest BCUT2D eigenvalue weighted by molar-refractivity contribution is 6.31. The smallest absolute Gasteiger partial charge is 0.257 e. The Balaban J connectivity index is 2.32. The Morgan fingerprint density at radius 2 is 2.17 bits per heavy atom. The molecule has 0 saturated carbocycles. The van der Waals surface area contributed by atoms with E-state index in [0.717, 1.165) is 18.7 Å².